The molecule has 0 N–H and O–H groups in total. The van der Waals surface area contributed by atoms with Crippen LogP contribution in [0.1, 0.15) is 24.0 Å². The van der Waals surface area contributed by atoms with E-state index in [0.717, 1.165) is 6.54 Å². The van der Waals surface area contributed by atoms with Gasteiger partial charge in [0.25, 0.3) is 0 Å². The van der Waals surface area contributed by atoms with Crippen molar-refractivity contribution in [3.63, 3.8) is 0 Å². The Kier molecular flexibility index (Phi) is 4.57. The number of aryl methyl sites for hydroxylation is 1. The highest BCUT2D eigenvalue weighted by molar-refractivity contribution is 5.21. The van der Waals surface area contributed by atoms with Crippen molar-refractivity contribution in [1.29, 1.82) is 0 Å². The molecule has 1 aromatic carbocycles. The molecule has 0 aromatic heterocycles. The van der Waals surface area contributed by atoms with Crippen LogP contribution in [0.5, 0.6) is 0 Å². The van der Waals surface area contributed by atoms with Gasteiger partial charge in [0.15, 0.2) is 0 Å². The van der Waals surface area contributed by atoms with Crippen LogP contribution in [0.2, 0.25) is 0 Å². The van der Waals surface area contributed by atoms with Gasteiger partial charge in [0.1, 0.15) is 0 Å². The van der Waals surface area contributed by atoms with Crippen LogP contribution >= 0.6 is 0 Å². The first-order chi connectivity index (χ1) is 8.24. The van der Waals surface area contributed by atoms with Gasteiger partial charge in [-0.2, -0.15) is 0 Å². The summed E-state index contributed by atoms with van der Waals surface area (Å²) in [4.78, 5) is 4.99. The summed E-state index contributed by atoms with van der Waals surface area (Å²) in [6, 6.07) is 8.87. The second-order valence-corrected chi connectivity index (χ2v) is 5.27. The lowest BCUT2D eigenvalue weighted by Crippen LogP contribution is -2.31. The summed E-state index contributed by atoms with van der Waals surface area (Å²) in [6.07, 6.45) is 2.78. The first kappa shape index (κ1) is 12.6. The monoisotopic (exact) mass is 232 g/mol. The molecule has 1 saturated heterocycles. The van der Waals surface area contributed by atoms with Crippen molar-refractivity contribution in [2.24, 2.45) is 0 Å². The fourth-order valence-electron chi connectivity index (χ4n) is 2.40. The minimum Gasteiger partial charge on any atom is -0.302 e. The molecule has 0 saturated carbocycles. The molecule has 0 unspecified atom stereocenters. The van der Waals surface area contributed by atoms with Gasteiger partial charge in [0.05, 0.1) is 0 Å². The highest BCUT2D eigenvalue weighted by Crippen LogP contribution is 2.08. The molecular weight excluding hydrogens is 208 g/mol. The average Bonchev–Trinajstić information content (AvgIpc) is 2.83. The molecular formula is C15H24N2. The zero-order valence-corrected chi connectivity index (χ0v) is 11.2. The third kappa shape index (κ3) is 4.14. The zero-order chi connectivity index (χ0) is 12.1. The van der Waals surface area contributed by atoms with E-state index >= 15 is 0 Å². The van der Waals surface area contributed by atoms with E-state index in [1.807, 2.05) is 0 Å². The molecule has 17 heavy (non-hydrogen) atoms. The number of benzene rings is 1. The Morgan fingerprint density at radius 1 is 1.12 bits per heavy atom. The van der Waals surface area contributed by atoms with Crippen molar-refractivity contribution < 1.29 is 0 Å². The maximum absolute atomic E-state index is 2.58. The topological polar surface area (TPSA) is 6.48 Å². The third-order valence-corrected chi connectivity index (χ3v) is 3.57. The van der Waals surface area contributed by atoms with Crippen LogP contribution in [0.25, 0.3) is 0 Å². The molecule has 0 radical (unpaired) electrons. The van der Waals surface area contributed by atoms with Gasteiger partial charge in [-0.25, -0.2) is 0 Å². The fourth-order valence-corrected chi connectivity index (χ4v) is 2.40. The Labute approximate surface area is 105 Å². The van der Waals surface area contributed by atoms with Crippen LogP contribution in [0.4, 0.5) is 0 Å². The molecule has 2 nitrogen and oxygen atoms in total. The van der Waals surface area contributed by atoms with E-state index in [1.165, 1.54) is 50.1 Å². The Hall–Kier alpha value is -0.860. The molecule has 1 aliphatic rings. The molecule has 0 spiro atoms. The summed E-state index contributed by atoms with van der Waals surface area (Å²) in [5, 5.41) is 0. The molecule has 0 bridgehead atoms. The SMILES string of the molecule is Cc1ccc(CN(C)CCN2CCCC2)cc1. The molecule has 1 heterocycles. The van der Waals surface area contributed by atoms with Crippen LogP contribution in [0, 0.1) is 6.92 Å². The van der Waals surface area contributed by atoms with Crippen molar-refractivity contribution in [2.45, 2.75) is 26.3 Å². The normalized spacial score (nSPS) is 16.9. The lowest BCUT2D eigenvalue weighted by Gasteiger charge is -2.21. The van der Waals surface area contributed by atoms with Gasteiger partial charge >= 0.3 is 0 Å². The van der Waals surface area contributed by atoms with Gasteiger partial charge in [0.2, 0.25) is 0 Å². The second-order valence-electron chi connectivity index (χ2n) is 5.27. The standard InChI is InChI=1S/C15H24N2/c1-14-5-7-15(8-6-14)13-16(2)11-12-17-9-3-4-10-17/h5-8H,3-4,9-13H2,1-2H3. The fraction of sp³-hybridized carbons (Fsp3) is 0.600. The number of likely N-dealkylation sites (N-methyl/N-ethyl adjacent to an activating group) is 1. The number of hydrogen-bond acceptors (Lipinski definition) is 2. The van der Waals surface area contributed by atoms with Crippen molar-refractivity contribution >= 4 is 0 Å². The minimum absolute atomic E-state index is 1.06. The van der Waals surface area contributed by atoms with Crippen molar-refractivity contribution in [3.05, 3.63) is 35.4 Å². The minimum atomic E-state index is 1.06. The summed E-state index contributed by atoms with van der Waals surface area (Å²) in [5.41, 5.74) is 2.76. The Balaban J connectivity index is 1.72. The van der Waals surface area contributed by atoms with Crippen LogP contribution in [-0.2, 0) is 6.54 Å². The number of rotatable bonds is 5. The Bertz CT molecular complexity index is 325. The van der Waals surface area contributed by atoms with E-state index in [4.69, 9.17) is 0 Å². The predicted molar refractivity (Wildman–Crippen MR) is 73.2 cm³/mol. The summed E-state index contributed by atoms with van der Waals surface area (Å²) < 4.78 is 0. The molecule has 0 aliphatic carbocycles. The lowest BCUT2D eigenvalue weighted by atomic mass is 10.1. The highest BCUT2D eigenvalue weighted by atomic mass is 15.2. The Morgan fingerprint density at radius 2 is 1.76 bits per heavy atom. The maximum Gasteiger partial charge on any atom is 0.0231 e. The second kappa shape index (κ2) is 6.18. The number of likely N-dealkylation sites (tertiary alicyclic amines) is 1. The van der Waals surface area contributed by atoms with E-state index in [9.17, 15) is 0 Å². The van der Waals surface area contributed by atoms with Crippen LogP contribution in [0.15, 0.2) is 24.3 Å². The molecule has 1 aliphatic heterocycles. The van der Waals surface area contributed by atoms with Crippen LogP contribution < -0.4 is 0 Å². The predicted octanol–water partition coefficient (Wildman–Crippen LogP) is 2.52. The first-order valence-corrected chi connectivity index (χ1v) is 6.70. The summed E-state index contributed by atoms with van der Waals surface area (Å²) in [7, 11) is 2.22. The average molecular weight is 232 g/mol. The summed E-state index contributed by atoms with van der Waals surface area (Å²) >= 11 is 0. The molecule has 94 valence electrons. The highest BCUT2D eigenvalue weighted by Gasteiger charge is 2.11. The van der Waals surface area contributed by atoms with E-state index < -0.39 is 0 Å². The van der Waals surface area contributed by atoms with Crippen molar-refractivity contribution in [3.8, 4) is 0 Å². The molecule has 0 atom stereocenters. The van der Waals surface area contributed by atoms with Gasteiger partial charge in [-0.1, -0.05) is 29.8 Å². The van der Waals surface area contributed by atoms with Crippen molar-refractivity contribution in [2.75, 3.05) is 33.2 Å². The quantitative estimate of drug-likeness (QED) is 0.769. The summed E-state index contributed by atoms with van der Waals surface area (Å²) in [5.74, 6) is 0. The molecule has 1 aromatic rings. The number of nitrogens with zero attached hydrogens (tertiary/aromatic N) is 2. The Morgan fingerprint density at radius 3 is 2.41 bits per heavy atom. The molecule has 1 fully saturated rings. The smallest absolute Gasteiger partial charge is 0.0231 e. The molecule has 2 heteroatoms. The first-order valence-electron chi connectivity index (χ1n) is 6.70. The van der Waals surface area contributed by atoms with Crippen LogP contribution in [-0.4, -0.2) is 43.0 Å². The van der Waals surface area contributed by atoms with Gasteiger partial charge in [-0.05, 0) is 45.5 Å². The van der Waals surface area contributed by atoms with E-state index in [0.29, 0.717) is 0 Å². The molecule has 2 rings (SSSR count). The van der Waals surface area contributed by atoms with Gasteiger partial charge in [0, 0.05) is 19.6 Å². The van der Waals surface area contributed by atoms with Gasteiger partial charge in [-0.3, -0.25) is 0 Å². The van der Waals surface area contributed by atoms with E-state index in [1.54, 1.807) is 0 Å². The van der Waals surface area contributed by atoms with Gasteiger partial charge < -0.3 is 9.80 Å². The zero-order valence-electron chi connectivity index (χ0n) is 11.2. The van der Waals surface area contributed by atoms with Crippen LogP contribution in [0.3, 0.4) is 0 Å². The maximum atomic E-state index is 2.58. The van der Waals surface area contributed by atoms with Gasteiger partial charge in [-0.15, -0.1) is 0 Å². The lowest BCUT2D eigenvalue weighted by molar-refractivity contribution is 0.252. The number of hydrogen-bond donors (Lipinski definition) is 0. The van der Waals surface area contributed by atoms with E-state index in [2.05, 4.69) is 48.0 Å². The van der Waals surface area contributed by atoms with E-state index in [-0.39, 0.29) is 0 Å². The largest absolute Gasteiger partial charge is 0.302 e. The third-order valence-electron chi connectivity index (χ3n) is 3.57. The van der Waals surface area contributed by atoms with Crippen molar-refractivity contribution in [1.82, 2.24) is 9.80 Å². The molecule has 0 amide bonds. The summed E-state index contributed by atoms with van der Waals surface area (Å²) in [6.45, 7) is 8.21.